The van der Waals surface area contributed by atoms with E-state index < -0.39 is 23.0 Å². The van der Waals surface area contributed by atoms with Crippen molar-refractivity contribution in [2.75, 3.05) is 13.2 Å². The Bertz CT molecular complexity index is 1800. The predicted molar refractivity (Wildman–Crippen MR) is 159 cm³/mol. The van der Waals surface area contributed by atoms with E-state index in [4.69, 9.17) is 27.1 Å². The number of halogens is 4. The minimum absolute atomic E-state index is 0.0170. The SMILES string of the molecule is Cc1cnc2c(Cl)cc(C(=O)NC[C@H](c3cc4c(c(-c5ccc(F)c(Br)c5F)n3)OC[C@]4(C)C(N)=O)C3CC3)cc2c1. The number of fused-ring (bicyclic) bond motifs is 2. The summed E-state index contributed by atoms with van der Waals surface area (Å²) in [6, 6.07) is 9.45. The van der Waals surface area contributed by atoms with E-state index in [2.05, 4.69) is 26.2 Å². The maximum absolute atomic E-state index is 15.3. The summed E-state index contributed by atoms with van der Waals surface area (Å²) in [4.78, 5) is 35.0. The Hall–Kier alpha value is -3.63. The quantitative estimate of drug-likeness (QED) is 0.226. The molecule has 6 rings (SSSR count). The Morgan fingerprint density at radius 2 is 2.00 bits per heavy atom. The van der Waals surface area contributed by atoms with Crippen LogP contribution < -0.4 is 15.8 Å². The number of hydrogen-bond donors (Lipinski definition) is 2. The van der Waals surface area contributed by atoms with E-state index in [1.54, 1.807) is 31.3 Å². The van der Waals surface area contributed by atoms with Gasteiger partial charge in [0.1, 0.15) is 35.1 Å². The Kier molecular flexibility index (Phi) is 7.17. The monoisotopic (exact) mass is 654 g/mol. The van der Waals surface area contributed by atoms with E-state index in [1.165, 1.54) is 6.07 Å². The molecule has 1 aliphatic heterocycles. The molecule has 2 aliphatic rings. The fourth-order valence-corrected chi connectivity index (χ4v) is 6.07. The standard InChI is InChI=1S/C31H26BrClF2N4O3/c1-14-7-16-8-17(9-21(33)26(16)37-11-14)29(40)38-12-19(15-3-4-15)23-10-20-28(42-13-31(20,2)30(36)41)27(39-23)18-5-6-22(34)24(32)25(18)35/h5-11,15,19H,3-4,12-13H2,1-2H3,(H2,36,41)(H,38,40)/t19-,31-/m0/s1. The molecule has 7 nitrogen and oxygen atoms in total. The first kappa shape index (κ1) is 28.5. The number of carbonyl (C=O) groups is 2. The van der Waals surface area contributed by atoms with Crippen molar-refractivity contribution in [2.45, 2.75) is 38.0 Å². The molecule has 1 fully saturated rings. The third-order valence-corrected chi connectivity index (χ3v) is 9.13. The van der Waals surface area contributed by atoms with Gasteiger partial charge in [0.25, 0.3) is 5.91 Å². The van der Waals surface area contributed by atoms with E-state index >= 15 is 4.39 Å². The molecule has 42 heavy (non-hydrogen) atoms. The molecule has 0 radical (unpaired) electrons. The average molecular weight is 656 g/mol. The first-order valence-electron chi connectivity index (χ1n) is 13.4. The van der Waals surface area contributed by atoms with Gasteiger partial charge in [0.15, 0.2) is 0 Å². The number of amides is 2. The third-order valence-electron chi connectivity index (χ3n) is 8.12. The van der Waals surface area contributed by atoms with Crippen LogP contribution in [-0.4, -0.2) is 34.9 Å². The van der Waals surface area contributed by atoms with Crippen molar-refractivity contribution in [3.63, 3.8) is 0 Å². The Balaban J connectivity index is 1.39. The van der Waals surface area contributed by atoms with E-state index in [9.17, 15) is 14.0 Å². The molecule has 0 bridgehead atoms. The fourth-order valence-electron chi connectivity index (χ4n) is 5.45. The van der Waals surface area contributed by atoms with Crippen molar-refractivity contribution < 1.29 is 23.1 Å². The van der Waals surface area contributed by atoms with Crippen molar-refractivity contribution >= 4 is 50.2 Å². The summed E-state index contributed by atoms with van der Waals surface area (Å²) in [6.45, 7) is 3.78. The number of aromatic nitrogens is 2. The Morgan fingerprint density at radius 1 is 1.24 bits per heavy atom. The van der Waals surface area contributed by atoms with Gasteiger partial charge in [0.2, 0.25) is 5.91 Å². The molecule has 11 heteroatoms. The second-order valence-corrected chi connectivity index (χ2v) is 12.4. The predicted octanol–water partition coefficient (Wildman–Crippen LogP) is 6.36. The van der Waals surface area contributed by atoms with Gasteiger partial charge in [-0.05, 0) is 90.5 Å². The van der Waals surface area contributed by atoms with Crippen LogP contribution in [0.2, 0.25) is 5.02 Å². The first-order chi connectivity index (χ1) is 20.0. The van der Waals surface area contributed by atoms with E-state index in [1.807, 2.05) is 13.0 Å². The maximum Gasteiger partial charge on any atom is 0.251 e. The molecule has 4 aromatic rings. The summed E-state index contributed by atoms with van der Waals surface area (Å²) in [7, 11) is 0. The molecule has 0 spiro atoms. The number of nitrogens with two attached hydrogens (primary N) is 1. The van der Waals surface area contributed by atoms with Crippen molar-refractivity contribution in [2.24, 2.45) is 11.7 Å². The number of nitrogens with one attached hydrogen (secondary N) is 1. The second-order valence-electron chi connectivity index (χ2n) is 11.2. The lowest BCUT2D eigenvalue weighted by Gasteiger charge is -2.22. The lowest BCUT2D eigenvalue weighted by atomic mass is 9.82. The number of pyridine rings is 2. The minimum atomic E-state index is -1.18. The van der Waals surface area contributed by atoms with Crippen molar-refractivity contribution in [3.8, 4) is 17.0 Å². The largest absolute Gasteiger partial charge is 0.489 e. The Morgan fingerprint density at radius 3 is 2.71 bits per heavy atom. The highest BCUT2D eigenvalue weighted by atomic mass is 79.9. The number of ether oxygens (including phenoxy) is 1. The summed E-state index contributed by atoms with van der Waals surface area (Å²) in [6.07, 6.45) is 3.56. The van der Waals surface area contributed by atoms with Crippen LogP contribution in [-0.2, 0) is 10.2 Å². The van der Waals surface area contributed by atoms with Crippen LogP contribution in [0.4, 0.5) is 8.78 Å². The van der Waals surface area contributed by atoms with Crippen LogP contribution in [0, 0.1) is 24.5 Å². The van der Waals surface area contributed by atoms with Gasteiger partial charge in [-0.25, -0.2) is 13.8 Å². The summed E-state index contributed by atoms with van der Waals surface area (Å²) < 4.78 is 35.0. The number of rotatable bonds is 7. The smallest absolute Gasteiger partial charge is 0.251 e. The van der Waals surface area contributed by atoms with Crippen molar-refractivity contribution in [3.05, 3.63) is 86.1 Å². The normalized spacial score (nSPS) is 18.4. The van der Waals surface area contributed by atoms with E-state index in [0.29, 0.717) is 27.4 Å². The first-order valence-corrected chi connectivity index (χ1v) is 14.6. The minimum Gasteiger partial charge on any atom is -0.489 e. The van der Waals surface area contributed by atoms with Gasteiger partial charge in [-0.15, -0.1) is 0 Å². The maximum atomic E-state index is 15.3. The number of primary amides is 1. The average Bonchev–Trinajstić information content (AvgIpc) is 3.73. The molecule has 2 atom stereocenters. The highest BCUT2D eigenvalue weighted by Crippen LogP contribution is 2.49. The molecule has 2 aromatic carbocycles. The number of carbonyl (C=O) groups excluding carboxylic acids is 2. The Labute approximate surface area is 253 Å². The summed E-state index contributed by atoms with van der Waals surface area (Å²) in [5.74, 6) is -2.32. The number of nitrogens with zero attached hydrogens (tertiary/aromatic N) is 2. The van der Waals surface area contributed by atoms with Crippen molar-refractivity contribution in [1.29, 1.82) is 0 Å². The lowest BCUT2D eigenvalue weighted by Crippen LogP contribution is -2.40. The molecule has 3 N–H and O–H groups in total. The third kappa shape index (κ3) is 4.90. The van der Waals surface area contributed by atoms with Gasteiger partial charge in [0, 0.05) is 46.4 Å². The number of hydrogen-bond acceptors (Lipinski definition) is 5. The van der Waals surface area contributed by atoms with E-state index in [-0.39, 0.29) is 52.4 Å². The molecule has 0 saturated heterocycles. The van der Waals surface area contributed by atoms with Crippen LogP contribution in [0.25, 0.3) is 22.2 Å². The lowest BCUT2D eigenvalue weighted by molar-refractivity contribution is -0.123. The second kappa shape index (κ2) is 10.6. The molecule has 1 aliphatic carbocycles. The number of benzene rings is 2. The molecule has 216 valence electrons. The zero-order valence-electron chi connectivity index (χ0n) is 22.7. The molecular formula is C31H26BrClF2N4O3. The molecule has 3 heterocycles. The highest BCUT2D eigenvalue weighted by Gasteiger charge is 2.45. The van der Waals surface area contributed by atoms with Crippen LogP contribution in [0.1, 0.15) is 52.9 Å². The molecule has 2 aromatic heterocycles. The van der Waals surface area contributed by atoms with Gasteiger partial charge >= 0.3 is 0 Å². The molecule has 1 saturated carbocycles. The van der Waals surface area contributed by atoms with E-state index in [0.717, 1.165) is 29.9 Å². The van der Waals surface area contributed by atoms with Gasteiger partial charge < -0.3 is 15.8 Å². The van der Waals surface area contributed by atoms with Crippen molar-refractivity contribution in [1.82, 2.24) is 15.3 Å². The van der Waals surface area contributed by atoms with Gasteiger partial charge in [-0.2, -0.15) is 0 Å². The molecule has 2 amide bonds. The van der Waals surface area contributed by atoms with Gasteiger partial charge in [-0.1, -0.05) is 11.6 Å². The summed E-state index contributed by atoms with van der Waals surface area (Å²) in [5, 5.41) is 4.15. The van der Waals surface area contributed by atoms with Gasteiger partial charge in [0.05, 0.1) is 15.0 Å². The highest BCUT2D eigenvalue weighted by molar-refractivity contribution is 9.10. The van der Waals surface area contributed by atoms with Crippen LogP contribution in [0.3, 0.4) is 0 Å². The zero-order chi connectivity index (χ0) is 29.9. The summed E-state index contributed by atoms with van der Waals surface area (Å²) >= 11 is 9.40. The topological polar surface area (TPSA) is 107 Å². The number of aryl methyl sites for hydroxylation is 1. The van der Waals surface area contributed by atoms with Crippen LogP contribution >= 0.6 is 27.5 Å². The van der Waals surface area contributed by atoms with Crippen LogP contribution in [0.5, 0.6) is 5.75 Å². The zero-order valence-corrected chi connectivity index (χ0v) is 25.1. The fraction of sp³-hybridized carbons (Fsp3) is 0.290. The van der Waals surface area contributed by atoms with Crippen LogP contribution in [0.15, 0.2) is 47.1 Å². The van der Waals surface area contributed by atoms with Gasteiger partial charge in [-0.3, -0.25) is 14.6 Å². The summed E-state index contributed by atoms with van der Waals surface area (Å²) in [5.41, 5.74) is 7.76. The molecular weight excluding hydrogens is 630 g/mol. The molecule has 0 unspecified atom stereocenters.